The minimum absolute atomic E-state index is 0.0661. The summed E-state index contributed by atoms with van der Waals surface area (Å²) < 4.78 is 51.7. The summed E-state index contributed by atoms with van der Waals surface area (Å²) >= 11 is 0. The number of ether oxygens (including phenoxy) is 3. The van der Waals surface area contributed by atoms with Crippen molar-refractivity contribution in [1.82, 2.24) is 0 Å². The zero-order chi connectivity index (χ0) is 21.0. The predicted octanol–water partition coefficient (Wildman–Crippen LogP) is 4.36. The zero-order valence-electron chi connectivity index (χ0n) is 15.9. The first-order chi connectivity index (χ1) is 13.7. The SMILES string of the molecule is CCOc1cc2c(cc1NC(=O)CNc1ccc(OC(F)(F)F)cc1)O[C@@H](C)C2. The van der Waals surface area contributed by atoms with Crippen LogP contribution in [-0.2, 0) is 11.2 Å². The number of carbonyl (C=O) groups is 1. The molecule has 0 spiro atoms. The Labute approximate surface area is 166 Å². The lowest BCUT2D eigenvalue weighted by molar-refractivity contribution is -0.274. The minimum Gasteiger partial charge on any atom is -0.492 e. The van der Waals surface area contributed by atoms with Crippen molar-refractivity contribution >= 4 is 17.3 Å². The van der Waals surface area contributed by atoms with Crippen molar-refractivity contribution in [3.63, 3.8) is 0 Å². The molecule has 0 aromatic heterocycles. The summed E-state index contributed by atoms with van der Waals surface area (Å²) in [6, 6.07) is 8.73. The molecule has 0 fully saturated rings. The van der Waals surface area contributed by atoms with Crippen LogP contribution in [0, 0.1) is 0 Å². The van der Waals surface area contributed by atoms with Crippen LogP contribution in [0.5, 0.6) is 17.2 Å². The van der Waals surface area contributed by atoms with Crippen molar-refractivity contribution in [3.8, 4) is 17.2 Å². The highest BCUT2D eigenvalue weighted by molar-refractivity contribution is 5.95. The fraction of sp³-hybridized carbons (Fsp3) is 0.350. The number of nitrogens with one attached hydrogen (secondary N) is 2. The maximum atomic E-state index is 12.3. The highest BCUT2D eigenvalue weighted by Gasteiger charge is 2.31. The third-order valence-electron chi connectivity index (χ3n) is 4.11. The molecule has 1 atom stereocenters. The van der Waals surface area contributed by atoms with Crippen LogP contribution in [0.2, 0.25) is 0 Å². The van der Waals surface area contributed by atoms with E-state index in [9.17, 15) is 18.0 Å². The van der Waals surface area contributed by atoms with Crippen molar-refractivity contribution in [2.45, 2.75) is 32.7 Å². The molecule has 29 heavy (non-hydrogen) atoms. The Hall–Kier alpha value is -3.10. The molecule has 3 rings (SSSR count). The number of alkyl halides is 3. The van der Waals surface area contributed by atoms with Gasteiger partial charge in [0.25, 0.3) is 0 Å². The largest absolute Gasteiger partial charge is 0.573 e. The van der Waals surface area contributed by atoms with Crippen molar-refractivity contribution < 1.29 is 32.2 Å². The van der Waals surface area contributed by atoms with Crippen LogP contribution in [0.25, 0.3) is 0 Å². The average Bonchev–Trinajstić information content (AvgIpc) is 2.99. The number of rotatable bonds is 7. The first kappa shape index (κ1) is 20.6. The van der Waals surface area contributed by atoms with Gasteiger partial charge in [0, 0.05) is 23.7 Å². The molecular weight excluding hydrogens is 389 g/mol. The van der Waals surface area contributed by atoms with Crippen LogP contribution < -0.4 is 24.8 Å². The van der Waals surface area contributed by atoms with E-state index in [-0.39, 0.29) is 24.3 Å². The molecule has 9 heteroatoms. The van der Waals surface area contributed by atoms with E-state index >= 15 is 0 Å². The number of carbonyl (C=O) groups excluding carboxylic acids is 1. The van der Waals surface area contributed by atoms with Gasteiger partial charge in [-0.25, -0.2) is 0 Å². The van der Waals surface area contributed by atoms with E-state index in [0.29, 0.717) is 29.5 Å². The van der Waals surface area contributed by atoms with Gasteiger partial charge >= 0.3 is 6.36 Å². The van der Waals surface area contributed by atoms with E-state index in [1.165, 1.54) is 24.3 Å². The van der Waals surface area contributed by atoms with Crippen molar-refractivity contribution in [2.75, 3.05) is 23.8 Å². The lowest BCUT2D eigenvalue weighted by Gasteiger charge is -2.14. The summed E-state index contributed by atoms with van der Waals surface area (Å²) in [4.78, 5) is 12.3. The van der Waals surface area contributed by atoms with E-state index in [1.807, 2.05) is 19.9 Å². The highest BCUT2D eigenvalue weighted by Crippen LogP contribution is 2.38. The minimum atomic E-state index is -4.75. The molecule has 1 aliphatic heterocycles. The number of benzene rings is 2. The summed E-state index contributed by atoms with van der Waals surface area (Å²) in [6.45, 7) is 4.18. The summed E-state index contributed by atoms with van der Waals surface area (Å²) in [6.07, 6.45) is -3.90. The molecule has 0 radical (unpaired) electrons. The highest BCUT2D eigenvalue weighted by atomic mass is 19.4. The number of amides is 1. The first-order valence-corrected chi connectivity index (χ1v) is 9.09. The Morgan fingerprint density at radius 3 is 2.62 bits per heavy atom. The Bertz CT molecular complexity index is 869. The average molecular weight is 410 g/mol. The molecule has 156 valence electrons. The fourth-order valence-corrected chi connectivity index (χ4v) is 2.96. The predicted molar refractivity (Wildman–Crippen MR) is 102 cm³/mol. The van der Waals surface area contributed by atoms with Crippen LogP contribution >= 0.6 is 0 Å². The first-order valence-electron chi connectivity index (χ1n) is 9.09. The van der Waals surface area contributed by atoms with E-state index < -0.39 is 6.36 Å². The molecule has 1 aliphatic rings. The van der Waals surface area contributed by atoms with Gasteiger partial charge in [0.1, 0.15) is 23.4 Å². The lowest BCUT2D eigenvalue weighted by atomic mass is 10.1. The molecule has 2 aromatic carbocycles. The van der Waals surface area contributed by atoms with Gasteiger partial charge in [0.05, 0.1) is 18.8 Å². The molecule has 0 unspecified atom stereocenters. The molecule has 2 N–H and O–H groups in total. The Balaban J connectivity index is 1.60. The van der Waals surface area contributed by atoms with Gasteiger partial charge in [0.15, 0.2) is 0 Å². The molecule has 6 nitrogen and oxygen atoms in total. The van der Waals surface area contributed by atoms with Crippen LogP contribution in [0.1, 0.15) is 19.4 Å². The number of hydrogen-bond donors (Lipinski definition) is 2. The lowest BCUT2D eigenvalue weighted by Crippen LogP contribution is -2.22. The quantitative estimate of drug-likeness (QED) is 0.710. The summed E-state index contributed by atoms with van der Waals surface area (Å²) in [7, 11) is 0. The smallest absolute Gasteiger partial charge is 0.492 e. The fourth-order valence-electron chi connectivity index (χ4n) is 2.96. The van der Waals surface area contributed by atoms with Crippen molar-refractivity contribution in [2.24, 2.45) is 0 Å². The number of halogens is 3. The van der Waals surface area contributed by atoms with E-state index in [1.54, 1.807) is 6.07 Å². The van der Waals surface area contributed by atoms with E-state index in [4.69, 9.17) is 9.47 Å². The topological polar surface area (TPSA) is 68.8 Å². The van der Waals surface area contributed by atoms with Crippen LogP contribution in [0.4, 0.5) is 24.5 Å². The van der Waals surface area contributed by atoms with Gasteiger partial charge in [-0.15, -0.1) is 13.2 Å². The third-order valence-corrected chi connectivity index (χ3v) is 4.11. The molecular formula is C20H21F3N2O4. The van der Waals surface area contributed by atoms with Gasteiger partial charge in [-0.3, -0.25) is 4.79 Å². The van der Waals surface area contributed by atoms with Gasteiger partial charge in [0.2, 0.25) is 5.91 Å². The molecule has 0 bridgehead atoms. The van der Waals surface area contributed by atoms with Crippen LogP contribution in [0.3, 0.4) is 0 Å². The van der Waals surface area contributed by atoms with E-state index in [2.05, 4.69) is 15.4 Å². The second kappa shape index (κ2) is 8.50. The van der Waals surface area contributed by atoms with Gasteiger partial charge in [-0.05, 0) is 44.2 Å². The Kier molecular flexibility index (Phi) is 6.05. The number of fused-ring (bicyclic) bond motifs is 1. The molecule has 1 heterocycles. The molecule has 0 saturated heterocycles. The normalized spacial score (nSPS) is 15.3. The summed E-state index contributed by atoms with van der Waals surface area (Å²) in [5.74, 6) is 0.601. The maximum Gasteiger partial charge on any atom is 0.573 e. The van der Waals surface area contributed by atoms with Crippen LogP contribution in [0.15, 0.2) is 36.4 Å². The zero-order valence-corrected chi connectivity index (χ0v) is 15.9. The standard InChI is InChI=1S/C20H21F3N2O4/c1-3-27-18-9-13-8-12(2)28-17(13)10-16(18)25-19(26)11-24-14-4-6-15(7-5-14)29-20(21,22)23/h4-7,9-10,12,24H,3,8,11H2,1-2H3,(H,25,26)/t12-/m0/s1. The van der Waals surface area contributed by atoms with Crippen LogP contribution in [-0.4, -0.2) is 31.5 Å². The molecule has 2 aromatic rings. The summed E-state index contributed by atoms with van der Waals surface area (Å²) in [5.41, 5.74) is 2.00. The second-order valence-corrected chi connectivity index (χ2v) is 6.50. The Morgan fingerprint density at radius 2 is 1.97 bits per heavy atom. The molecule has 1 amide bonds. The van der Waals surface area contributed by atoms with Gasteiger partial charge in [-0.1, -0.05) is 0 Å². The molecule has 0 saturated carbocycles. The summed E-state index contributed by atoms with van der Waals surface area (Å²) in [5, 5.41) is 5.62. The van der Waals surface area contributed by atoms with E-state index in [0.717, 1.165) is 12.0 Å². The van der Waals surface area contributed by atoms with Gasteiger partial charge in [-0.2, -0.15) is 0 Å². The number of hydrogen-bond acceptors (Lipinski definition) is 5. The molecule has 0 aliphatic carbocycles. The van der Waals surface area contributed by atoms with Crippen molar-refractivity contribution in [1.29, 1.82) is 0 Å². The third kappa shape index (κ3) is 5.69. The Morgan fingerprint density at radius 1 is 1.24 bits per heavy atom. The van der Waals surface area contributed by atoms with Gasteiger partial charge < -0.3 is 24.8 Å². The monoisotopic (exact) mass is 410 g/mol. The number of anilines is 2. The second-order valence-electron chi connectivity index (χ2n) is 6.50. The maximum absolute atomic E-state index is 12.3. The van der Waals surface area contributed by atoms with Crippen molar-refractivity contribution in [3.05, 3.63) is 42.0 Å².